The number of hydrogen-bond acceptors (Lipinski definition) is 5. The quantitative estimate of drug-likeness (QED) is 0.817. The zero-order valence-corrected chi connectivity index (χ0v) is 16.4. The van der Waals surface area contributed by atoms with Crippen LogP contribution >= 0.6 is 35.0 Å². The fraction of sp³-hybridized carbons (Fsp3) is 0.389. The Morgan fingerprint density at radius 1 is 1.27 bits per heavy atom. The van der Waals surface area contributed by atoms with E-state index in [9.17, 15) is 4.79 Å². The predicted octanol–water partition coefficient (Wildman–Crippen LogP) is 4.35. The van der Waals surface area contributed by atoms with Gasteiger partial charge in [0.25, 0.3) is 5.91 Å². The lowest BCUT2D eigenvalue weighted by molar-refractivity contribution is 0.0930. The number of fused-ring (bicyclic) bond motifs is 1. The Kier molecular flexibility index (Phi) is 5.25. The van der Waals surface area contributed by atoms with Crippen molar-refractivity contribution >= 4 is 46.8 Å². The molecule has 0 unspecified atom stereocenters. The van der Waals surface area contributed by atoms with Crippen molar-refractivity contribution < 1.29 is 4.79 Å². The number of carbonyl (C=O) groups is 1. The molecule has 3 heterocycles. The van der Waals surface area contributed by atoms with Crippen LogP contribution in [0.15, 0.2) is 29.3 Å². The Morgan fingerprint density at radius 3 is 2.88 bits per heavy atom. The van der Waals surface area contributed by atoms with Gasteiger partial charge in [-0.1, -0.05) is 23.2 Å². The molecular weight excluding hydrogens is 391 g/mol. The Bertz CT molecular complexity index is 842. The van der Waals surface area contributed by atoms with Gasteiger partial charge >= 0.3 is 0 Å². The van der Waals surface area contributed by atoms with Gasteiger partial charge in [-0.2, -0.15) is 0 Å². The summed E-state index contributed by atoms with van der Waals surface area (Å²) in [5, 5.41) is 4.01. The zero-order valence-electron chi connectivity index (χ0n) is 14.0. The molecule has 0 radical (unpaired) electrons. The molecule has 4 rings (SSSR count). The van der Waals surface area contributed by atoms with Crippen LogP contribution in [0.1, 0.15) is 41.4 Å². The number of rotatable bonds is 3. The van der Waals surface area contributed by atoms with Gasteiger partial charge in [0.1, 0.15) is 0 Å². The van der Waals surface area contributed by atoms with Gasteiger partial charge in [0.05, 0.1) is 17.3 Å². The number of anilines is 1. The molecule has 2 aromatic rings. The summed E-state index contributed by atoms with van der Waals surface area (Å²) in [5.74, 6) is 1.23. The zero-order chi connectivity index (χ0) is 18.1. The summed E-state index contributed by atoms with van der Waals surface area (Å²) in [6.45, 7) is 1.82. The summed E-state index contributed by atoms with van der Waals surface area (Å²) < 4.78 is 0. The fourth-order valence-corrected chi connectivity index (χ4v) is 4.79. The van der Waals surface area contributed by atoms with Crippen LogP contribution in [0.2, 0.25) is 10.0 Å². The van der Waals surface area contributed by atoms with E-state index in [1.165, 1.54) is 6.20 Å². The maximum absolute atomic E-state index is 12.9. The van der Waals surface area contributed by atoms with Crippen LogP contribution in [0, 0.1) is 0 Å². The minimum absolute atomic E-state index is 0.0984. The van der Waals surface area contributed by atoms with E-state index in [2.05, 4.69) is 20.2 Å². The Balaban J connectivity index is 1.57. The molecule has 136 valence electrons. The standard InChI is InChI=1S/C18H18Cl2N4OS/c19-11-3-4-15-12(9-11)14(5-8-26-15)22-17(25)16-13(20)10-21-18(23-16)24-6-1-2-7-24/h3-4,9-10,14H,1-2,5-8H2,(H,22,25)/t14-/m1/s1. The summed E-state index contributed by atoms with van der Waals surface area (Å²) in [7, 11) is 0. The highest BCUT2D eigenvalue weighted by atomic mass is 35.5. The van der Waals surface area contributed by atoms with Crippen LogP contribution in [0.3, 0.4) is 0 Å². The van der Waals surface area contributed by atoms with E-state index in [1.807, 2.05) is 18.2 Å². The second-order valence-corrected chi connectivity index (χ2v) is 8.39. The number of amides is 1. The topological polar surface area (TPSA) is 58.1 Å². The maximum Gasteiger partial charge on any atom is 0.272 e. The molecule has 5 nitrogen and oxygen atoms in total. The van der Waals surface area contributed by atoms with Gasteiger partial charge in [-0.05, 0) is 43.0 Å². The number of hydrogen-bond donors (Lipinski definition) is 1. The van der Waals surface area contributed by atoms with Crippen LogP contribution in [0.5, 0.6) is 0 Å². The monoisotopic (exact) mass is 408 g/mol. The second kappa shape index (κ2) is 7.62. The lowest BCUT2D eigenvalue weighted by Gasteiger charge is -2.26. The molecule has 0 bridgehead atoms. The minimum atomic E-state index is -0.277. The van der Waals surface area contributed by atoms with Crippen LogP contribution in [-0.4, -0.2) is 34.7 Å². The molecule has 1 aromatic carbocycles. The third-order valence-corrected chi connectivity index (χ3v) is 6.29. The van der Waals surface area contributed by atoms with Crippen molar-refractivity contribution in [3.63, 3.8) is 0 Å². The van der Waals surface area contributed by atoms with Gasteiger partial charge in [0.2, 0.25) is 5.95 Å². The first kappa shape index (κ1) is 17.9. The van der Waals surface area contributed by atoms with Crippen molar-refractivity contribution in [3.8, 4) is 0 Å². The summed E-state index contributed by atoms with van der Waals surface area (Å²) in [6, 6.07) is 5.70. The molecule has 1 amide bonds. The summed E-state index contributed by atoms with van der Waals surface area (Å²) in [4.78, 5) is 24.8. The van der Waals surface area contributed by atoms with Gasteiger partial charge in [0.15, 0.2) is 5.69 Å². The number of thioether (sulfide) groups is 1. The van der Waals surface area contributed by atoms with E-state index in [0.29, 0.717) is 11.0 Å². The molecule has 26 heavy (non-hydrogen) atoms. The highest BCUT2D eigenvalue weighted by molar-refractivity contribution is 7.99. The van der Waals surface area contributed by atoms with Gasteiger partial charge in [-0.3, -0.25) is 4.79 Å². The second-order valence-electron chi connectivity index (χ2n) is 6.41. The third-order valence-electron chi connectivity index (χ3n) is 4.65. The van der Waals surface area contributed by atoms with E-state index < -0.39 is 0 Å². The van der Waals surface area contributed by atoms with Crippen LogP contribution in [0.4, 0.5) is 5.95 Å². The molecule has 0 saturated carbocycles. The summed E-state index contributed by atoms with van der Waals surface area (Å²) in [6.07, 6.45) is 4.58. The Labute approximate surface area is 166 Å². The first-order valence-electron chi connectivity index (χ1n) is 8.62. The third kappa shape index (κ3) is 3.63. The Hall–Kier alpha value is -1.50. The molecule has 8 heteroatoms. The fourth-order valence-electron chi connectivity index (χ4n) is 3.33. The van der Waals surface area contributed by atoms with Crippen molar-refractivity contribution in [3.05, 3.63) is 45.7 Å². The molecule has 1 atom stereocenters. The average Bonchev–Trinajstić information content (AvgIpc) is 3.17. The largest absolute Gasteiger partial charge is 0.344 e. The first-order valence-corrected chi connectivity index (χ1v) is 10.4. The number of nitrogens with zero attached hydrogens (tertiary/aromatic N) is 3. The number of carbonyl (C=O) groups excluding carboxylic acids is 1. The number of halogens is 2. The minimum Gasteiger partial charge on any atom is -0.344 e. The van der Waals surface area contributed by atoms with E-state index >= 15 is 0 Å². The van der Waals surface area contributed by atoms with Crippen molar-refractivity contribution in [2.45, 2.75) is 30.2 Å². The van der Waals surface area contributed by atoms with E-state index in [0.717, 1.165) is 48.6 Å². The van der Waals surface area contributed by atoms with E-state index in [-0.39, 0.29) is 22.7 Å². The molecule has 1 N–H and O–H groups in total. The smallest absolute Gasteiger partial charge is 0.272 e. The van der Waals surface area contributed by atoms with Crippen LogP contribution < -0.4 is 10.2 Å². The molecule has 1 saturated heterocycles. The normalized spacial score (nSPS) is 19.3. The van der Waals surface area contributed by atoms with Crippen LogP contribution in [0.25, 0.3) is 0 Å². The van der Waals surface area contributed by atoms with E-state index in [1.54, 1.807) is 11.8 Å². The highest BCUT2D eigenvalue weighted by Gasteiger charge is 2.25. The predicted molar refractivity (Wildman–Crippen MR) is 105 cm³/mol. The number of aromatic nitrogens is 2. The lowest BCUT2D eigenvalue weighted by Crippen LogP contribution is -2.32. The first-order chi connectivity index (χ1) is 12.6. The lowest BCUT2D eigenvalue weighted by atomic mass is 10.0. The van der Waals surface area contributed by atoms with Crippen molar-refractivity contribution in [1.82, 2.24) is 15.3 Å². The highest BCUT2D eigenvalue weighted by Crippen LogP contribution is 2.37. The Morgan fingerprint density at radius 2 is 2.08 bits per heavy atom. The van der Waals surface area contributed by atoms with E-state index in [4.69, 9.17) is 23.2 Å². The van der Waals surface area contributed by atoms with Crippen LogP contribution in [-0.2, 0) is 0 Å². The molecule has 2 aliphatic rings. The maximum atomic E-state index is 12.9. The van der Waals surface area contributed by atoms with Gasteiger partial charge in [-0.15, -0.1) is 11.8 Å². The van der Waals surface area contributed by atoms with Gasteiger partial charge < -0.3 is 10.2 Å². The van der Waals surface area contributed by atoms with Gasteiger partial charge in [-0.25, -0.2) is 9.97 Å². The summed E-state index contributed by atoms with van der Waals surface area (Å²) >= 11 is 14.1. The number of benzene rings is 1. The number of nitrogens with one attached hydrogen (secondary N) is 1. The average molecular weight is 409 g/mol. The van der Waals surface area contributed by atoms with Crippen molar-refractivity contribution in [1.29, 1.82) is 0 Å². The SMILES string of the molecule is O=C(N[C@@H]1CCSc2ccc(Cl)cc21)c1nc(N2CCCC2)ncc1Cl. The summed E-state index contributed by atoms with van der Waals surface area (Å²) in [5.41, 5.74) is 1.28. The van der Waals surface area contributed by atoms with Gasteiger partial charge in [0, 0.05) is 28.8 Å². The van der Waals surface area contributed by atoms with Crippen molar-refractivity contribution in [2.75, 3.05) is 23.7 Å². The molecule has 1 aromatic heterocycles. The van der Waals surface area contributed by atoms with Crippen molar-refractivity contribution in [2.24, 2.45) is 0 Å². The molecule has 0 aliphatic carbocycles. The molecule has 2 aliphatic heterocycles. The molecule has 1 fully saturated rings. The molecular formula is C18H18Cl2N4OS. The molecule has 0 spiro atoms.